The van der Waals surface area contributed by atoms with Crippen LogP contribution < -0.4 is 5.73 Å². The van der Waals surface area contributed by atoms with Crippen LogP contribution in [0.5, 0.6) is 0 Å². The Morgan fingerprint density at radius 1 is 1.28 bits per heavy atom. The molecule has 1 aliphatic rings. The van der Waals surface area contributed by atoms with Gasteiger partial charge >= 0.3 is 0 Å². The predicted molar refractivity (Wildman–Crippen MR) is 72.1 cm³/mol. The van der Waals surface area contributed by atoms with E-state index in [1.54, 1.807) is 28.0 Å². The maximum atomic E-state index is 12.2. The van der Waals surface area contributed by atoms with Crippen LogP contribution >= 0.6 is 15.9 Å². The number of nitrogen functional groups attached to an aromatic ring is 1. The average Bonchev–Trinajstić information content (AvgIpc) is 2.41. The molecule has 18 heavy (non-hydrogen) atoms. The van der Waals surface area contributed by atoms with Crippen molar-refractivity contribution < 1.29 is 9.59 Å². The summed E-state index contributed by atoms with van der Waals surface area (Å²) in [6.45, 7) is 2.30. The van der Waals surface area contributed by atoms with Gasteiger partial charge in [0.1, 0.15) is 0 Å². The van der Waals surface area contributed by atoms with Crippen molar-refractivity contribution in [2.75, 3.05) is 31.9 Å². The Bertz CT molecular complexity index is 470. The minimum atomic E-state index is -0.0419. The van der Waals surface area contributed by atoms with Gasteiger partial charge in [-0.15, -0.1) is 0 Å². The van der Waals surface area contributed by atoms with Gasteiger partial charge in [-0.25, -0.2) is 0 Å². The van der Waals surface area contributed by atoms with Crippen LogP contribution in [0.15, 0.2) is 22.7 Å². The molecule has 1 aromatic rings. The zero-order valence-corrected chi connectivity index (χ0v) is 11.4. The smallest absolute Gasteiger partial charge is 0.254 e. The molecule has 5 nitrogen and oxygen atoms in total. The lowest BCUT2D eigenvalue weighted by molar-refractivity contribution is -0.119. The molecule has 0 saturated carbocycles. The van der Waals surface area contributed by atoms with E-state index in [0.29, 0.717) is 37.4 Å². The fraction of sp³-hybridized carbons (Fsp3) is 0.333. The summed E-state index contributed by atoms with van der Waals surface area (Å²) in [7, 11) is 0. The van der Waals surface area contributed by atoms with Gasteiger partial charge in [0, 0.05) is 41.9 Å². The number of nitrogens with zero attached hydrogens (tertiary/aromatic N) is 2. The van der Waals surface area contributed by atoms with Crippen molar-refractivity contribution in [3.63, 3.8) is 0 Å². The van der Waals surface area contributed by atoms with E-state index in [4.69, 9.17) is 5.73 Å². The number of hydrogen-bond donors (Lipinski definition) is 1. The van der Waals surface area contributed by atoms with Crippen molar-refractivity contribution in [1.29, 1.82) is 0 Å². The summed E-state index contributed by atoms with van der Waals surface area (Å²) in [5.74, 6) is -0.0419. The van der Waals surface area contributed by atoms with Crippen molar-refractivity contribution >= 4 is 33.9 Å². The molecular weight excluding hydrogens is 298 g/mol. The molecule has 1 heterocycles. The number of benzene rings is 1. The zero-order valence-electron chi connectivity index (χ0n) is 9.80. The Kier molecular flexibility index (Phi) is 3.86. The summed E-state index contributed by atoms with van der Waals surface area (Å²) in [4.78, 5) is 26.2. The standard InChI is InChI=1S/C12H14BrN3O2/c13-10-2-1-9(7-11(10)14)12(18)16-5-3-15(8-17)4-6-16/h1-2,7-8H,3-6,14H2. The van der Waals surface area contributed by atoms with E-state index in [1.165, 1.54) is 0 Å². The van der Waals surface area contributed by atoms with Crippen LogP contribution in [0.4, 0.5) is 5.69 Å². The van der Waals surface area contributed by atoms with Crippen LogP contribution in [0, 0.1) is 0 Å². The third-order valence-electron chi connectivity index (χ3n) is 2.99. The van der Waals surface area contributed by atoms with Crippen molar-refractivity contribution in [3.05, 3.63) is 28.2 Å². The number of nitrogens with two attached hydrogens (primary N) is 1. The van der Waals surface area contributed by atoms with Crippen LogP contribution in [0.3, 0.4) is 0 Å². The molecule has 1 saturated heterocycles. The highest BCUT2D eigenvalue weighted by Gasteiger charge is 2.21. The van der Waals surface area contributed by atoms with Crippen molar-refractivity contribution in [3.8, 4) is 0 Å². The van der Waals surface area contributed by atoms with Crippen LogP contribution in [-0.4, -0.2) is 48.3 Å². The van der Waals surface area contributed by atoms with Gasteiger partial charge in [-0.1, -0.05) is 0 Å². The summed E-state index contributed by atoms with van der Waals surface area (Å²) in [5.41, 5.74) is 6.89. The molecule has 2 rings (SSSR count). The van der Waals surface area contributed by atoms with E-state index < -0.39 is 0 Å². The molecule has 2 amide bonds. The van der Waals surface area contributed by atoms with E-state index in [1.807, 2.05) is 0 Å². The highest BCUT2D eigenvalue weighted by Crippen LogP contribution is 2.21. The third kappa shape index (κ3) is 2.64. The van der Waals surface area contributed by atoms with Gasteiger partial charge in [0.25, 0.3) is 5.91 Å². The number of anilines is 1. The fourth-order valence-corrected chi connectivity index (χ4v) is 2.14. The topological polar surface area (TPSA) is 66.6 Å². The van der Waals surface area contributed by atoms with Gasteiger partial charge in [-0.3, -0.25) is 9.59 Å². The van der Waals surface area contributed by atoms with Crippen LogP contribution in [-0.2, 0) is 4.79 Å². The minimum absolute atomic E-state index is 0.0419. The molecule has 0 bridgehead atoms. The van der Waals surface area contributed by atoms with Crippen LogP contribution in [0.25, 0.3) is 0 Å². The predicted octanol–water partition coefficient (Wildman–Crippen LogP) is 0.946. The van der Waals surface area contributed by atoms with Gasteiger partial charge in [0.15, 0.2) is 0 Å². The van der Waals surface area contributed by atoms with E-state index in [0.717, 1.165) is 10.9 Å². The summed E-state index contributed by atoms with van der Waals surface area (Å²) in [6, 6.07) is 5.18. The lowest BCUT2D eigenvalue weighted by Crippen LogP contribution is -2.48. The molecule has 0 radical (unpaired) electrons. The second-order valence-electron chi connectivity index (χ2n) is 4.17. The van der Waals surface area contributed by atoms with E-state index in [2.05, 4.69) is 15.9 Å². The largest absolute Gasteiger partial charge is 0.398 e. The summed E-state index contributed by atoms with van der Waals surface area (Å²) in [5, 5.41) is 0. The maximum Gasteiger partial charge on any atom is 0.254 e. The molecule has 0 aromatic heterocycles. The first kappa shape index (κ1) is 12.9. The second kappa shape index (κ2) is 5.39. The molecular formula is C12H14BrN3O2. The van der Waals surface area contributed by atoms with Gasteiger partial charge in [0.05, 0.1) is 0 Å². The summed E-state index contributed by atoms with van der Waals surface area (Å²) >= 11 is 3.30. The molecule has 96 valence electrons. The second-order valence-corrected chi connectivity index (χ2v) is 5.02. The number of piperazine rings is 1. The Hall–Kier alpha value is -1.56. The van der Waals surface area contributed by atoms with Crippen molar-refractivity contribution in [1.82, 2.24) is 9.80 Å². The Labute approximate surface area is 114 Å². The summed E-state index contributed by atoms with van der Waals surface area (Å²) < 4.78 is 0.782. The number of halogens is 1. The van der Waals surface area contributed by atoms with Gasteiger partial charge < -0.3 is 15.5 Å². The highest BCUT2D eigenvalue weighted by atomic mass is 79.9. The number of amides is 2. The Morgan fingerprint density at radius 3 is 2.50 bits per heavy atom. The average molecular weight is 312 g/mol. The lowest BCUT2D eigenvalue weighted by atomic mass is 10.1. The van der Waals surface area contributed by atoms with Crippen LogP contribution in [0.2, 0.25) is 0 Å². The zero-order chi connectivity index (χ0) is 13.1. The summed E-state index contributed by atoms with van der Waals surface area (Å²) in [6.07, 6.45) is 0.819. The molecule has 0 spiro atoms. The maximum absolute atomic E-state index is 12.2. The number of hydrogen-bond acceptors (Lipinski definition) is 3. The van der Waals surface area contributed by atoms with E-state index >= 15 is 0 Å². The SMILES string of the molecule is Nc1cc(C(=O)N2CCN(C=O)CC2)ccc1Br. The van der Waals surface area contributed by atoms with E-state index in [9.17, 15) is 9.59 Å². The third-order valence-corrected chi connectivity index (χ3v) is 3.72. The lowest BCUT2D eigenvalue weighted by Gasteiger charge is -2.32. The molecule has 6 heteroatoms. The van der Waals surface area contributed by atoms with Gasteiger partial charge in [0.2, 0.25) is 6.41 Å². The first-order valence-electron chi connectivity index (χ1n) is 5.65. The number of carbonyl (C=O) groups is 2. The molecule has 1 aromatic carbocycles. The van der Waals surface area contributed by atoms with Gasteiger partial charge in [-0.05, 0) is 34.1 Å². The quantitative estimate of drug-likeness (QED) is 0.653. The van der Waals surface area contributed by atoms with Crippen molar-refractivity contribution in [2.24, 2.45) is 0 Å². The van der Waals surface area contributed by atoms with Crippen molar-refractivity contribution in [2.45, 2.75) is 0 Å². The highest BCUT2D eigenvalue weighted by molar-refractivity contribution is 9.10. The number of rotatable bonds is 2. The number of carbonyl (C=O) groups excluding carboxylic acids is 2. The molecule has 1 fully saturated rings. The monoisotopic (exact) mass is 311 g/mol. The molecule has 0 unspecified atom stereocenters. The fourth-order valence-electron chi connectivity index (χ4n) is 1.89. The minimum Gasteiger partial charge on any atom is -0.398 e. The van der Waals surface area contributed by atoms with E-state index in [-0.39, 0.29) is 5.91 Å². The van der Waals surface area contributed by atoms with Gasteiger partial charge in [-0.2, -0.15) is 0 Å². The molecule has 1 aliphatic heterocycles. The first-order chi connectivity index (χ1) is 8.61. The Balaban J connectivity index is 2.07. The molecule has 0 atom stereocenters. The molecule has 0 aliphatic carbocycles. The normalized spacial score (nSPS) is 15.6. The van der Waals surface area contributed by atoms with Crippen LogP contribution in [0.1, 0.15) is 10.4 Å². The first-order valence-corrected chi connectivity index (χ1v) is 6.45. The molecule has 2 N–H and O–H groups in total. The Morgan fingerprint density at radius 2 is 1.94 bits per heavy atom.